The van der Waals surface area contributed by atoms with Crippen LogP contribution in [0.5, 0.6) is 0 Å². The van der Waals surface area contributed by atoms with Gasteiger partial charge in [0.2, 0.25) is 5.95 Å². The molecule has 0 saturated carbocycles. The first kappa shape index (κ1) is 19.5. The Bertz CT molecular complexity index is 1230. The van der Waals surface area contributed by atoms with Gasteiger partial charge in [-0.15, -0.1) is 0 Å². The molecule has 0 unspecified atom stereocenters. The number of likely N-dealkylation sites (tertiary alicyclic amines) is 1. The smallest absolute Gasteiger partial charge is 0.255 e. The van der Waals surface area contributed by atoms with Crippen molar-refractivity contribution in [3.05, 3.63) is 51.7 Å². The highest BCUT2D eigenvalue weighted by Gasteiger charge is 2.45. The summed E-state index contributed by atoms with van der Waals surface area (Å²) in [6.07, 6.45) is 4.98. The van der Waals surface area contributed by atoms with Gasteiger partial charge in [0.1, 0.15) is 0 Å². The van der Waals surface area contributed by atoms with Crippen LogP contribution in [-0.4, -0.2) is 70.1 Å². The number of carbonyl (C=O) groups is 1. The van der Waals surface area contributed by atoms with Gasteiger partial charge < -0.3 is 19.5 Å². The van der Waals surface area contributed by atoms with Crippen LogP contribution >= 0.6 is 0 Å². The number of aromatic amines is 2. The number of rotatable bonds is 2. The van der Waals surface area contributed by atoms with E-state index in [1.54, 1.807) is 6.33 Å². The number of anilines is 1. The summed E-state index contributed by atoms with van der Waals surface area (Å²) in [7, 11) is 0. The molecule has 0 bridgehead atoms. The van der Waals surface area contributed by atoms with Gasteiger partial charge in [-0.25, -0.2) is 9.97 Å². The van der Waals surface area contributed by atoms with E-state index in [0.717, 1.165) is 61.1 Å². The van der Waals surface area contributed by atoms with E-state index >= 15 is 0 Å². The van der Waals surface area contributed by atoms with Crippen LogP contribution < -0.4 is 10.5 Å². The number of amides is 1. The van der Waals surface area contributed by atoms with Crippen molar-refractivity contribution >= 4 is 22.9 Å². The first-order chi connectivity index (χ1) is 15.6. The molecule has 2 saturated heterocycles. The van der Waals surface area contributed by atoms with Crippen LogP contribution in [-0.2, 0) is 16.6 Å². The van der Waals surface area contributed by atoms with Crippen LogP contribution in [0.2, 0.25) is 0 Å². The van der Waals surface area contributed by atoms with Gasteiger partial charge in [0.25, 0.3) is 11.5 Å². The molecule has 9 nitrogen and oxygen atoms in total. The van der Waals surface area contributed by atoms with E-state index in [2.05, 4.69) is 19.9 Å². The lowest BCUT2D eigenvalue weighted by Gasteiger charge is -2.39. The molecule has 3 aromatic rings. The molecule has 3 aliphatic rings. The molecule has 4 heterocycles. The normalized spacial score (nSPS) is 20.1. The van der Waals surface area contributed by atoms with E-state index in [9.17, 15) is 9.59 Å². The van der Waals surface area contributed by atoms with Crippen molar-refractivity contribution in [3.8, 4) is 0 Å². The molecule has 0 radical (unpaired) electrons. The zero-order valence-corrected chi connectivity index (χ0v) is 17.9. The van der Waals surface area contributed by atoms with Crippen LogP contribution in [0.15, 0.2) is 29.3 Å². The van der Waals surface area contributed by atoms with Gasteiger partial charge in [-0.2, -0.15) is 0 Å². The van der Waals surface area contributed by atoms with Crippen molar-refractivity contribution in [1.82, 2.24) is 24.8 Å². The van der Waals surface area contributed by atoms with E-state index in [0.29, 0.717) is 37.8 Å². The number of nitrogens with one attached hydrogen (secondary N) is 2. The van der Waals surface area contributed by atoms with Crippen molar-refractivity contribution in [1.29, 1.82) is 0 Å². The SMILES string of the molecule is O=C(c1ccc2nc[nH]c2c1)N1CCC2(CCc3c2nc(N2CCOCC2)[nH]c3=O)CC1. The highest BCUT2D eigenvalue weighted by Crippen LogP contribution is 2.44. The monoisotopic (exact) mass is 434 g/mol. The summed E-state index contributed by atoms with van der Waals surface area (Å²) in [6.45, 7) is 4.09. The molecule has 1 aromatic carbocycles. The number of ether oxygens (including phenoxy) is 1. The van der Waals surface area contributed by atoms with Crippen molar-refractivity contribution < 1.29 is 9.53 Å². The molecule has 2 fully saturated rings. The minimum atomic E-state index is -0.116. The molecule has 32 heavy (non-hydrogen) atoms. The van der Waals surface area contributed by atoms with Crippen LogP contribution in [0.25, 0.3) is 11.0 Å². The molecule has 1 aliphatic carbocycles. The van der Waals surface area contributed by atoms with Crippen LogP contribution in [0.4, 0.5) is 5.95 Å². The Morgan fingerprint density at radius 2 is 1.91 bits per heavy atom. The third kappa shape index (κ3) is 3.10. The lowest BCUT2D eigenvalue weighted by Crippen LogP contribution is -2.45. The minimum Gasteiger partial charge on any atom is -0.378 e. The van der Waals surface area contributed by atoms with Gasteiger partial charge in [0.15, 0.2) is 0 Å². The molecular weight excluding hydrogens is 408 g/mol. The number of imidazole rings is 1. The summed E-state index contributed by atoms with van der Waals surface area (Å²) in [4.78, 5) is 45.2. The van der Waals surface area contributed by atoms with Crippen molar-refractivity contribution in [3.63, 3.8) is 0 Å². The summed E-state index contributed by atoms with van der Waals surface area (Å²) >= 11 is 0. The van der Waals surface area contributed by atoms with Crippen molar-refractivity contribution in [2.75, 3.05) is 44.3 Å². The molecule has 1 amide bonds. The summed E-state index contributed by atoms with van der Waals surface area (Å²) in [5.74, 6) is 0.701. The largest absolute Gasteiger partial charge is 0.378 e. The summed E-state index contributed by atoms with van der Waals surface area (Å²) in [5, 5.41) is 0. The second-order valence-corrected chi connectivity index (χ2v) is 9.02. The number of morpholine rings is 1. The first-order valence-electron chi connectivity index (χ1n) is 11.3. The lowest BCUT2D eigenvalue weighted by molar-refractivity contribution is 0.0663. The Kier molecular flexibility index (Phi) is 4.53. The quantitative estimate of drug-likeness (QED) is 0.635. The van der Waals surface area contributed by atoms with Crippen LogP contribution in [0, 0.1) is 0 Å². The molecule has 1 spiro atoms. The number of piperidine rings is 1. The Labute approximate surface area is 184 Å². The summed E-state index contributed by atoms with van der Waals surface area (Å²) in [6, 6.07) is 5.59. The maximum atomic E-state index is 13.1. The maximum absolute atomic E-state index is 13.1. The van der Waals surface area contributed by atoms with E-state index in [1.807, 2.05) is 23.1 Å². The second kappa shape index (κ2) is 7.44. The van der Waals surface area contributed by atoms with Gasteiger partial charge >= 0.3 is 0 Å². The number of benzene rings is 1. The Balaban J connectivity index is 1.23. The fraction of sp³-hybridized carbons (Fsp3) is 0.478. The molecule has 0 atom stereocenters. The predicted octanol–water partition coefficient (Wildman–Crippen LogP) is 1.60. The molecule has 2 N–H and O–H groups in total. The predicted molar refractivity (Wildman–Crippen MR) is 119 cm³/mol. The third-order valence-electron chi connectivity index (χ3n) is 7.34. The number of hydrogen-bond donors (Lipinski definition) is 2. The van der Waals surface area contributed by atoms with E-state index in [1.165, 1.54) is 0 Å². The summed E-state index contributed by atoms with van der Waals surface area (Å²) in [5.41, 5.74) is 4.05. The molecular formula is C23H26N6O3. The number of hydrogen-bond acceptors (Lipinski definition) is 6. The molecule has 2 aromatic heterocycles. The fourth-order valence-corrected chi connectivity index (χ4v) is 5.44. The average molecular weight is 435 g/mol. The Morgan fingerprint density at radius 1 is 1.09 bits per heavy atom. The zero-order chi connectivity index (χ0) is 21.7. The molecule has 2 aliphatic heterocycles. The third-order valence-corrected chi connectivity index (χ3v) is 7.34. The molecule has 166 valence electrons. The number of aromatic nitrogens is 4. The van der Waals surface area contributed by atoms with Gasteiger partial charge in [0, 0.05) is 42.7 Å². The van der Waals surface area contributed by atoms with Crippen LogP contribution in [0.1, 0.15) is 40.9 Å². The first-order valence-corrected chi connectivity index (χ1v) is 11.3. The van der Waals surface area contributed by atoms with E-state index in [4.69, 9.17) is 9.72 Å². The molecule has 9 heteroatoms. The number of H-pyrrole nitrogens is 2. The van der Waals surface area contributed by atoms with Gasteiger partial charge in [-0.05, 0) is 43.9 Å². The zero-order valence-electron chi connectivity index (χ0n) is 17.9. The van der Waals surface area contributed by atoms with Crippen LogP contribution in [0.3, 0.4) is 0 Å². The molecule has 6 rings (SSSR count). The van der Waals surface area contributed by atoms with E-state index in [-0.39, 0.29) is 16.9 Å². The van der Waals surface area contributed by atoms with Crippen molar-refractivity contribution in [2.45, 2.75) is 31.1 Å². The Morgan fingerprint density at radius 3 is 2.72 bits per heavy atom. The van der Waals surface area contributed by atoms with Gasteiger partial charge in [-0.1, -0.05) is 0 Å². The summed E-state index contributed by atoms with van der Waals surface area (Å²) < 4.78 is 5.44. The minimum absolute atomic E-state index is 0.0141. The topological polar surface area (TPSA) is 107 Å². The number of carbonyl (C=O) groups excluding carboxylic acids is 1. The van der Waals surface area contributed by atoms with Gasteiger partial charge in [-0.3, -0.25) is 14.6 Å². The second-order valence-electron chi connectivity index (χ2n) is 9.02. The average Bonchev–Trinajstić information content (AvgIpc) is 3.45. The highest BCUT2D eigenvalue weighted by molar-refractivity contribution is 5.97. The highest BCUT2D eigenvalue weighted by atomic mass is 16.5. The van der Waals surface area contributed by atoms with Gasteiger partial charge in [0.05, 0.1) is 36.3 Å². The fourth-order valence-electron chi connectivity index (χ4n) is 5.44. The van der Waals surface area contributed by atoms with E-state index < -0.39 is 0 Å². The number of nitrogens with zero attached hydrogens (tertiary/aromatic N) is 4. The Hall–Kier alpha value is -3.20. The maximum Gasteiger partial charge on any atom is 0.255 e. The standard InChI is InChI=1S/C23H26N6O3/c30-20-16-3-4-23(19(16)26-22(27-20)29-9-11-32-12-10-29)5-7-28(8-6-23)21(31)15-1-2-17-18(13-15)25-14-24-17/h1-2,13-14H,3-12H2,(H,24,25)(H,26,27,30). The van der Waals surface area contributed by atoms with Crippen molar-refractivity contribution in [2.24, 2.45) is 0 Å². The number of fused-ring (bicyclic) bond motifs is 3. The lowest BCUT2D eigenvalue weighted by atomic mass is 9.76.